The van der Waals surface area contributed by atoms with Crippen LogP contribution in [-0.2, 0) is 9.59 Å². The third-order valence-electron chi connectivity index (χ3n) is 2.30. The molecule has 5 nitrogen and oxygen atoms in total. The first-order valence-corrected chi connectivity index (χ1v) is 5.91. The maximum atomic E-state index is 11.6. The van der Waals surface area contributed by atoms with E-state index in [9.17, 15) is 14.7 Å². The van der Waals surface area contributed by atoms with Crippen molar-refractivity contribution in [3.8, 4) is 0 Å². The molecule has 0 rings (SSSR count). The summed E-state index contributed by atoms with van der Waals surface area (Å²) in [5.74, 6) is -0.180. The zero-order valence-corrected chi connectivity index (χ0v) is 11.3. The third-order valence-corrected chi connectivity index (χ3v) is 2.30. The van der Waals surface area contributed by atoms with Crippen LogP contribution in [0.4, 0.5) is 0 Å². The fraction of sp³-hybridized carbons (Fsp3) is 0.833. The number of carbonyl (C=O) groups is 2. The van der Waals surface area contributed by atoms with Gasteiger partial charge in [0.15, 0.2) is 0 Å². The maximum Gasteiger partial charge on any atom is 0.242 e. The Morgan fingerprint density at radius 3 is 2.24 bits per heavy atom. The molecule has 0 fully saturated rings. The molecule has 0 saturated heterocycles. The molecule has 2 atom stereocenters. The number of aliphatic hydroxyl groups is 1. The molecule has 100 valence electrons. The molecule has 0 aliphatic carbocycles. The highest BCUT2D eigenvalue weighted by atomic mass is 16.3. The number of carbonyl (C=O) groups excluding carboxylic acids is 2. The van der Waals surface area contributed by atoms with Gasteiger partial charge in [0, 0.05) is 13.5 Å². The van der Waals surface area contributed by atoms with Crippen LogP contribution in [0, 0.1) is 5.92 Å². The Kier molecular flexibility index (Phi) is 6.16. The van der Waals surface area contributed by atoms with Crippen LogP contribution in [0.3, 0.4) is 0 Å². The largest absolute Gasteiger partial charge is 0.388 e. The lowest BCUT2D eigenvalue weighted by Gasteiger charge is -2.26. The van der Waals surface area contributed by atoms with Crippen molar-refractivity contribution in [3.05, 3.63) is 0 Å². The first kappa shape index (κ1) is 15.9. The fourth-order valence-electron chi connectivity index (χ4n) is 1.75. The molecule has 2 amide bonds. The van der Waals surface area contributed by atoms with Crippen LogP contribution in [0.25, 0.3) is 0 Å². The zero-order chi connectivity index (χ0) is 13.6. The third kappa shape index (κ3) is 7.74. The quantitative estimate of drug-likeness (QED) is 0.634. The molecule has 17 heavy (non-hydrogen) atoms. The topological polar surface area (TPSA) is 78.4 Å². The van der Waals surface area contributed by atoms with Gasteiger partial charge < -0.3 is 15.7 Å². The summed E-state index contributed by atoms with van der Waals surface area (Å²) in [5.41, 5.74) is -0.917. The van der Waals surface area contributed by atoms with E-state index in [-0.39, 0.29) is 18.4 Å². The fourth-order valence-corrected chi connectivity index (χ4v) is 1.75. The number of nitrogens with one attached hydrogen (secondary N) is 2. The van der Waals surface area contributed by atoms with Crippen LogP contribution < -0.4 is 10.6 Å². The average molecular weight is 244 g/mol. The second kappa shape index (κ2) is 6.59. The Morgan fingerprint density at radius 2 is 1.82 bits per heavy atom. The molecule has 0 aliphatic heterocycles. The first-order chi connectivity index (χ1) is 7.64. The van der Waals surface area contributed by atoms with Crippen LogP contribution in [0.5, 0.6) is 0 Å². The Hall–Kier alpha value is -1.10. The highest BCUT2D eigenvalue weighted by Crippen LogP contribution is 2.14. The second-order valence-electron chi connectivity index (χ2n) is 5.23. The lowest BCUT2D eigenvalue weighted by molar-refractivity contribution is -0.128. The van der Waals surface area contributed by atoms with Crippen LogP contribution in [-0.4, -0.2) is 35.1 Å². The van der Waals surface area contributed by atoms with E-state index in [1.165, 1.54) is 6.92 Å². The number of hydrogen-bond acceptors (Lipinski definition) is 3. The first-order valence-electron chi connectivity index (χ1n) is 5.91. The summed E-state index contributed by atoms with van der Waals surface area (Å²) < 4.78 is 0. The van der Waals surface area contributed by atoms with Crippen molar-refractivity contribution in [2.75, 3.05) is 6.54 Å². The van der Waals surface area contributed by atoms with Gasteiger partial charge in [-0.25, -0.2) is 0 Å². The molecule has 3 N–H and O–H groups in total. The number of amides is 2. The van der Waals surface area contributed by atoms with Crippen molar-refractivity contribution in [1.29, 1.82) is 0 Å². The summed E-state index contributed by atoms with van der Waals surface area (Å²) in [5, 5.41) is 15.1. The highest BCUT2D eigenvalue weighted by molar-refractivity contribution is 5.86. The molecular formula is C12H24N2O3. The van der Waals surface area contributed by atoms with Crippen LogP contribution in [0.15, 0.2) is 0 Å². The van der Waals surface area contributed by atoms with Crippen LogP contribution in [0.2, 0.25) is 0 Å². The summed E-state index contributed by atoms with van der Waals surface area (Å²) in [6, 6.07) is -0.581. The van der Waals surface area contributed by atoms with E-state index in [2.05, 4.69) is 10.6 Å². The van der Waals surface area contributed by atoms with Crippen molar-refractivity contribution in [1.82, 2.24) is 10.6 Å². The zero-order valence-electron chi connectivity index (χ0n) is 11.3. The lowest BCUT2D eigenvalue weighted by Crippen LogP contribution is -2.49. The summed E-state index contributed by atoms with van der Waals surface area (Å²) in [7, 11) is 0. The predicted molar refractivity (Wildman–Crippen MR) is 66.4 cm³/mol. The normalized spacial score (nSPS) is 16.2. The van der Waals surface area contributed by atoms with Crippen molar-refractivity contribution in [2.24, 2.45) is 5.92 Å². The molecule has 0 heterocycles. The molecule has 0 spiro atoms. The summed E-state index contributed by atoms with van der Waals surface area (Å²) in [4.78, 5) is 22.3. The second-order valence-corrected chi connectivity index (χ2v) is 5.23. The molecule has 0 bridgehead atoms. The summed E-state index contributed by atoms with van der Waals surface area (Å²) in [6.07, 6.45) is 0.613. The van der Waals surface area contributed by atoms with Crippen LogP contribution in [0.1, 0.15) is 41.0 Å². The van der Waals surface area contributed by atoms with Gasteiger partial charge in [0.25, 0.3) is 0 Å². The molecule has 0 saturated carbocycles. The minimum atomic E-state index is -0.917. The van der Waals surface area contributed by atoms with Gasteiger partial charge in [0.2, 0.25) is 11.8 Å². The SMILES string of the molecule is CC(=O)NC(C)C(=O)NCC(C)(O)CC(C)C. The lowest BCUT2D eigenvalue weighted by atomic mass is 9.94. The average Bonchev–Trinajstić information content (AvgIpc) is 2.11. The molecule has 0 aromatic rings. The molecule has 0 aromatic carbocycles. The number of rotatable bonds is 6. The molecular weight excluding hydrogens is 220 g/mol. The minimum Gasteiger partial charge on any atom is -0.388 e. The molecule has 0 aromatic heterocycles. The van der Waals surface area contributed by atoms with E-state index in [4.69, 9.17) is 0 Å². The molecule has 0 aliphatic rings. The van der Waals surface area contributed by atoms with E-state index < -0.39 is 11.6 Å². The van der Waals surface area contributed by atoms with Crippen molar-refractivity contribution < 1.29 is 14.7 Å². The van der Waals surface area contributed by atoms with Gasteiger partial charge in [0.1, 0.15) is 6.04 Å². The van der Waals surface area contributed by atoms with E-state index in [0.717, 1.165) is 0 Å². The van der Waals surface area contributed by atoms with Gasteiger partial charge in [0.05, 0.1) is 5.60 Å². The molecule has 0 radical (unpaired) electrons. The van der Waals surface area contributed by atoms with E-state index in [1.54, 1.807) is 13.8 Å². The Morgan fingerprint density at radius 1 is 1.29 bits per heavy atom. The Labute approximate surface area is 103 Å². The Balaban J connectivity index is 4.10. The summed E-state index contributed by atoms with van der Waals surface area (Å²) in [6.45, 7) is 8.86. The minimum absolute atomic E-state index is 0.188. The van der Waals surface area contributed by atoms with Gasteiger partial charge >= 0.3 is 0 Å². The van der Waals surface area contributed by atoms with E-state index >= 15 is 0 Å². The summed E-state index contributed by atoms with van der Waals surface area (Å²) >= 11 is 0. The Bertz CT molecular complexity index is 275. The van der Waals surface area contributed by atoms with Crippen molar-refractivity contribution in [3.63, 3.8) is 0 Å². The van der Waals surface area contributed by atoms with E-state index in [1.807, 2.05) is 13.8 Å². The van der Waals surface area contributed by atoms with Gasteiger partial charge in [-0.2, -0.15) is 0 Å². The van der Waals surface area contributed by atoms with Crippen molar-refractivity contribution >= 4 is 11.8 Å². The van der Waals surface area contributed by atoms with E-state index in [0.29, 0.717) is 12.3 Å². The van der Waals surface area contributed by atoms with Crippen LogP contribution >= 0.6 is 0 Å². The van der Waals surface area contributed by atoms with Gasteiger partial charge in [-0.15, -0.1) is 0 Å². The number of hydrogen-bond donors (Lipinski definition) is 3. The van der Waals surface area contributed by atoms with Crippen molar-refractivity contribution in [2.45, 2.75) is 52.7 Å². The van der Waals surface area contributed by atoms with Gasteiger partial charge in [-0.3, -0.25) is 9.59 Å². The van der Waals surface area contributed by atoms with Gasteiger partial charge in [-0.1, -0.05) is 13.8 Å². The standard InChI is InChI=1S/C12H24N2O3/c1-8(2)6-12(5,17)7-13-11(16)9(3)14-10(4)15/h8-9,17H,6-7H2,1-5H3,(H,13,16)(H,14,15). The van der Waals surface area contributed by atoms with Gasteiger partial charge in [-0.05, 0) is 26.2 Å². The predicted octanol–water partition coefficient (Wildman–Crippen LogP) is 0.424. The monoisotopic (exact) mass is 244 g/mol. The molecule has 2 unspecified atom stereocenters. The smallest absolute Gasteiger partial charge is 0.242 e. The maximum absolute atomic E-state index is 11.6. The molecule has 5 heteroatoms. The highest BCUT2D eigenvalue weighted by Gasteiger charge is 2.23.